The third kappa shape index (κ3) is 1.64. The fourth-order valence-electron chi connectivity index (χ4n) is 2.47. The van der Waals surface area contributed by atoms with Gasteiger partial charge in [0.25, 0.3) is 0 Å². The number of hydrogen-bond acceptors (Lipinski definition) is 1. The Bertz CT molecular complexity index is 400. The lowest BCUT2D eigenvalue weighted by molar-refractivity contribution is 0.163. The van der Waals surface area contributed by atoms with E-state index in [4.69, 9.17) is 0 Å². The maximum atomic E-state index is 4.15. The monoisotopic (exact) mass is 215 g/mol. The van der Waals surface area contributed by atoms with Crippen LogP contribution >= 0.6 is 0 Å². The zero-order valence-electron chi connectivity index (χ0n) is 10.5. The maximum Gasteiger partial charge on any atom is 0.0408 e. The van der Waals surface area contributed by atoms with E-state index in [9.17, 15) is 0 Å². The molecule has 2 rings (SSSR count). The van der Waals surface area contributed by atoms with E-state index < -0.39 is 0 Å². The van der Waals surface area contributed by atoms with Gasteiger partial charge in [-0.2, -0.15) is 0 Å². The van der Waals surface area contributed by atoms with Crippen LogP contribution in [0, 0.1) is 5.41 Å². The third-order valence-electron chi connectivity index (χ3n) is 4.13. The van der Waals surface area contributed by atoms with Gasteiger partial charge in [-0.1, -0.05) is 33.6 Å². The number of nitrogens with zero attached hydrogens (tertiary/aromatic N) is 1. The van der Waals surface area contributed by atoms with Crippen LogP contribution in [0.25, 0.3) is 0 Å². The van der Waals surface area contributed by atoms with Gasteiger partial charge in [0, 0.05) is 17.9 Å². The Morgan fingerprint density at radius 1 is 1.38 bits per heavy atom. The summed E-state index contributed by atoms with van der Waals surface area (Å²) in [5, 5.41) is 0. The van der Waals surface area contributed by atoms with Crippen molar-refractivity contribution in [3.63, 3.8) is 0 Å². The van der Waals surface area contributed by atoms with Crippen LogP contribution in [0.2, 0.25) is 0 Å². The molecule has 2 aliphatic heterocycles. The summed E-state index contributed by atoms with van der Waals surface area (Å²) in [5.41, 5.74) is 4.84. The summed E-state index contributed by atoms with van der Waals surface area (Å²) in [6, 6.07) is 0. The first-order valence-corrected chi connectivity index (χ1v) is 6.02. The Kier molecular flexibility index (Phi) is 2.57. The summed E-state index contributed by atoms with van der Waals surface area (Å²) in [4.78, 5) is 2.34. The summed E-state index contributed by atoms with van der Waals surface area (Å²) < 4.78 is 0. The lowest BCUT2D eigenvalue weighted by Gasteiger charge is -2.46. The van der Waals surface area contributed by atoms with Gasteiger partial charge in [0.05, 0.1) is 0 Å². The standard InChI is InChI=1S/C15H21N/c1-6-15(5)8-7-14-9-11(2)12(3)13(4)16(14)10-15/h9H,2-4,6-8,10H2,1,5H3. The zero-order chi connectivity index (χ0) is 11.9. The third-order valence-corrected chi connectivity index (χ3v) is 4.13. The molecule has 0 aromatic rings. The highest BCUT2D eigenvalue weighted by atomic mass is 15.2. The number of allylic oxidation sites excluding steroid dienone is 3. The molecular weight excluding hydrogens is 194 g/mol. The molecule has 1 saturated heterocycles. The van der Waals surface area contributed by atoms with E-state index >= 15 is 0 Å². The molecule has 0 saturated carbocycles. The van der Waals surface area contributed by atoms with Crippen molar-refractivity contribution in [2.24, 2.45) is 5.41 Å². The van der Waals surface area contributed by atoms with Crippen LogP contribution in [0.5, 0.6) is 0 Å². The predicted octanol–water partition coefficient (Wildman–Crippen LogP) is 4.02. The molecule has 0 aromatic carbocycles. The quantitative estimate of drug-likeness (QED) is 0.638. The average molecular weight is 215 g/mol. The second-order valence-corrected chi connectivity index (χ2v) is 5.34. The van der Waals surface area contributed by atoms with Crippen molar-refractivity contribution in [2.45, 2.75) is 33.1 Å². The van der Waals surface area contributed by atoms with Crippen LogP contribution in [-0.2, 0) is 0 Å². The molecule has 16 heavy (non-hydrogen) atoms. The fraction of sp³-hybridized carbons (Fsp3) is 0.467. The van der Waals surface area contributed by atoms with E-state index in [0.717, 1.165) is 29.8 Å². The summed E-state index contributed by atoms with van der Waals surface area (Å²) in [7, 11) is 0. The minimum Gasteiger partial charge on any atom is -0.345 e. The van der Waals surface area contributed by atoms with Gasteiger partial charge in [-0.3, -0.25) is 0 Å². The van der Waals surface area contributed by atoms with Crippen molar-refractivity contribution >= 4 is 0 Å². The van der Waals surface area contributed by atoms with Gasteiger partial charge in [0.2, 0.25) is 0 Å². The Balaban J connectivity index is 2.32. The van der Waals surface area contributed by atoms with Crippen LogP contribution in [0.15, 0.2) is 48.4 Å². The summed E-state index contributed by atoms with van der Waals surface area (Å²) in [6.45, 7) is 17.9. The van der Waals surface area contributed by atoms with Crippen LogP contribution in [0.4, 0.5) is 0 Å². The molecule has 0 aliphatic carbocycles. The molecule has 0 aromatic heterocycles. The normalized spacial score (nSPS) is 30.2. The molecule has 1 atom stereocenters. The summed E-state index contributed by atoms with van der Waals surface area (Å²) in [5.74, 6) is 0. The number of hydrogen-bond donors (Lipinski definition) is 0. The second kappa shape index (κ2) is 3.65. The van der Waals surface area contributed by atoms with E-state index in [-0.39, 0.29) is 0 Å². The number of piperidine rings is 1. The van der Waals surface area contributed by atoms with Gasteiger partial charge >= 0.3 is 0 Å². The molecular formula is C15H21N. The molecule has 0 amide bonds. The van der Waals surface area contributed by atoms with Crippen molar-refractivity contribution in [2.75, 3.05) is 6.54 Å². The molecule has 2 heterocycles. The first-order valence-electron chi connectivity index (χ1n) is 6.02. The second-order valence-electron chi connectivity index (χ2n) is 5.34. The highest BCUT2D eigenvalue weighted by molar-refractivity contribution is 5.53. The highest BCUT2D eigenvalue weighted by Gasteiger charge is 2.34. The van der Waals surface area contributed by atoms with Crippen molar-refractivity contribution in [3.05, 3.63) is 48.4 Å². The van der Waals surface area contributed by atoms with Crippen LogP contribution in [0.1, 0.15) is 33.1 Å². The molecule has 0 bridgehead atoms. The van der Waals surface area contributed by atoms with E-state index in [1.807, 2.05) is 0 Å². The molecule has 86 valence electrons. The largest absolute Gasteiger partial charge is 0.345 e. The summed E-state index contributed by atoms with van der Waals surface area (Å²) >= 11 is 0. The molecule has 1 unspecified atom stereocenters. The number of rotatable bonds is 1. The van der Waals surface area contributed by atoms with Crippen LogP contribution in [-0.4, -0.2) is 11.4 Å². The van der Waals surface area contributed by atoms with Gasteiger partial charge in [-0.25, -0.2) is 0 Å². The Labute approximate surface area is 98.8 Å². The highest BCUT2D eigenvalue weighted by Crippen LogP contribution is 2.42. The van der Waals surface area contributed by atoms with Crippen molar-refractivity contribution in [1.82, 2.24) is 4.90 Å². The Morgan fingerprint density at radius 3 is 2.69 bits per heavy atom. The van der Waals surface area contributed by atoms with Crippen molar-refractivity contribution < 1.29 is 0 Å². The first-order chi connectivity index (χ1) is 7.47. The van der Waals surface area contributed by atoms with Gasteiger partial charge in [0.15, 0.2) is 0 Å². The van der Waals surface area contributed by atoms with Crippen LogP contribution < -0.4 is 0 Å². The topological polar surface area (TPSA) is 3.24 Å². The Hall–Kier alpha value is -1.24. The lowest BCUT2D eigenvalue weighted by atomic mass is 9.77. The molecule has 0 N–H and O–H groups in total. The number of fused-ring (bicyclic) bond motifs is 1. The Morgan fingerprint density at radius 2 is 2.06 bits per heavy atom. The van der Waals surface area contributed by atoms with E-state index in [0.29, 0.717) is 5.41 Å². The summed E-state index contributed by atoms with van der Waals surface area (Å²) in [6.07, 6.45) is 5.79. The van der Waals surface area contributed by atoms with E-state index in [2.05, 4.69) is 44.6 Å². The molecule has 2 aliphatic rings. The van der Waals surface area contributed by atoms with Crippen molar-refractivity contribution in [1.29, 1.82) is 0 Å². The SMILES string of the molecule is C=C1C=C2CCC(C)(CC)CN2C(=C)C1=C. The fourth-order valence-corrected chi connectivity index (χ4v) is 2.47. The van der Waals surface area contributed by atoms with E-state index in [1.165, 1.54) is 18.5 Å². The van der Waals surface area contributed by atoms with Gasteiger partial charge in [-0.15, -0.1) is 0 Å². The zero-order valence-corrected chi connectivity index (χ0v) is 10.5. The average Bonchev–Trinajstić information content (AvgIpc) is 2.28. The van der Waals surface area contributed by atoms with Crippen LogP contribution in [0.3, 0.4) is 0 Å². The molecule has 1 nitrogen and oxygen atoms in total. The predicted molar refractivity (Wildman–Crippen MR) is 69.8 cm³/mol. The minimum absolute atomic E-state index is 0.416. The maximum absolute atomic E-state index is 4.15. The molecule has 1 heteroatoms. The van der Waals surface area contributed by atoms with Crippen molar-refractivity contribution in [3.8, 4) is 0 Å². The van der Waals surface area contributed by atoms with Gasteiger partial charge in [-0.05, 0) is 41.9 Å². The lowest BCUT2D eigenvalue weighted by Crippen LogP contribution is -2.41. The molecule has 0 spiro atoms. The van der Waals surface area contributed by atoms with E-state index in [1.54, 1.807) is 0 Å². The smallest absolute Gasteiger partial charge is 0.0408 e. The molecule has 0 radical (unpaired) electrons. The minimum atomic E-state index is 0.416. The van der Waals surface area contributed by atoms with Gasteiger partial charge < -0.3 is 4.90 Å². The molecule has 1 fully saturated rings. The van der Waals surface area contributed by atoms with Gasteiger partial charge in [0.1, 0.15) is 0 Å². The first kappa shape index (κ1) is 11.3.